The highest BCUT2D eigenvalue weighted by atomic mass is 15.1. The van der Waals surface area contributed by atoms with E-state index < -0.39 is 0 Å². The van der Waals surface area contributed by atoms with E-state index in [1.165, 1.54) is 65.6 Å². The van der Waals surface area contributed by atoms with Crippen LogP contribution in [0, 0.1) is 0 Å². The van der Waals surface area contributed by atoms with Crippen LogP contribution in [0.1, 0.15) is 0 Å². The van der Waals surface area contributed by atoms with Gasteiger partial charge in [-0.3, -0.25) is 0 Å². The van der Waals surface area contributed by atoms with Crippen molar-refractivity contribution in [3.63, 3.8) is 0 Å². The molecule has 0 atom stereocenters. The molecule has 9 aromatic carbocycles. The molecule has 0 radical (unpaired) electrons. The zero-order chi connectivity index (χ0) is 39.6. The fourth-order valence-corrected chi connectivity index (χ4v) is 9.42. The molecule has 0 fully saturated rings. The van der Waals surface area contributed by atoms with Gasteiger partial charge in [0.05, 0.1) is 27.6 Å². The van der Waals surface area contributed by atoms with Crippen molar-refractivity contribution < 1.29 is 0 Å². The maximum Gasteiger partial charge on any atom is 0.0788 e. The molecule has 0 aliphatic heterocycles. The zero-order valence-electron chi connectivity index (χ0n) is 32.7. The molecule has 3 heterocycles. The Morgan fingerprint density at radius 1 is 0.300 bits per heavy atom. The highest BCUT2D eigenvalue weighted by molar-refractivity contribution is 6.20. The summed E-state index contributed by atoms with van der Waals surface area (Å²) < 4.78 is 7.24. The molecule has 0 aliphatic carbocycles. The zero-order valence-corrected chi connectivity index (χ0v) is 32.7. The molecule has 282 valence electrons. The van der Waals surface area contributed by atoms with E-state index in [9.17, 15) is 0 Å². The first-order chi connectivity index (χ1) is 29.8. The van der Waals surface area contributed by atoms with Crippen LogP contribution in [-0.2, 0) is 0 Å². The molecule has 12 aromatic rings. The molecule has 0 unspecified atom stereocenters. The highest BCUT2D eigenvalue weighted by Gasteiger charge is 2.23. The van der Waals surface area contributed by atoms with Gasteiger partial charge < -0.3 is 18.6 Å². The molecular formula is C56H38N4. The number of nitrogens with zero attached hydrogens (tertiary/aromatic N) is 4. The van der Waals surface area contributed by atoms with Crippen molar-refractivity contribution in [1.29, 1.82) is 0 Å². The standard InChI is InChI=1S/C56H38N4/c1-5-18-39(19-6-1)51-38-57(40-20-7-2-8-21-40)55-49(51)34-33-48-46-28-13-16-31-53(46)60(56(48)55)44-27-17-26-43(36-44)58(41-22-9-3-10-23-41)45-32-35-54-50(37-45)47-29-14-15-30-52(47)59(54)42-24-11-4-12-25-42/h1-38H. The smallest absolute Gasteiger partial charge is 0.0788 e. The second-order valence-electron chi connectivity index (χ2n) is 15.4. The van der Waals surface area contributed by atoms with Crippen molar-refractivity contribution in [2.24, 2.45) is 0 Å². The van der Waals surface area contributed by atoms with Crippen LogP contribution in [-0.4, -0.2) is 13.7 Å². The van der Waals surface area contributed by atoms with Gasteiger partial charge >= 0.3 is 0 Å². The average molecular weight is 767 g/mol. The number of para-hydroxylation sites is 5. The van der Waals surface area contributed by atoms with Crippen molar-refractivity contribution in [3.8, 4) is 28.2 Å². The van der Waals surface area contributed by atoms with E-state index in [-0.39, 0.29) is 0 Å². The normalized spacial score (nSPS) is 11.7. The van der Waals surface area contributed by atoms with Crippen molar-refractivity contribution >= 4 is 71.6 Å². The minimum absolute atomic E-state index is 1.08. The second kappa shape index (κ2) is 13.8. The van der Waals surface area contributed by atoms with E-state index in [1.807, 2.05) is 0 Å². The van der Waals surface area contributed by atoms with Crippen LogP contribution in [0.25, 0.3) is 82.7 Å². The van der Waals surface area contributed by atoms with Crippen molar-refractivity contribution in [2.75, 3.05) is 4.90 Å². The summed E-state index contributed by atoms with van der Waals surface area (Å²) in [6, 6.07) is 81.0. The third-order valence-electron chi connectivity index (χ3n) is 12.0. The van der Waals surface area contributed by atoms with Crippen LogP contribution >= 0.6 is 0 Å². The van der Waals surface area contributed by atoms with E-state index in [2.05, 4.69) is 249 Å². The van der Waals surface area contributed by atoms with Crippen LogP contribution in [0.4, 0.5) is 17.1 Å². The Labute approximate surface area is 347 Å². The lowest BCUT2D eigenvalue weighted by molar-refractivity contribution is 1.11. The molecule has 60 heavy (non-hydrogen) atoms. The minimum atomic E-state index is 1.08. The maximum atomic E-state index is 2.48. The summed E-state index contributed by atoms with van der Waals surface area (Å²) in [6.45, 7) is 0. The molecule has 4 heteroatoms. The molecule has 0 saturated heterocycles. The molecule has 0 spiro atoms. The number of aromatic nitrogens is 3. The Morgan fingerprint density at radius 3 is 1.57 bits per heavy atom. The average Bonchev–Trinajstić information content (AvgIpc) is 3.99. The SMILES string of the molecule is c1ccc(-c2cn(-c3ccccc3)c3c2ccc2c4ccccc4n(-c4cccc(N(c5ccccc5)c5ccc6c(c5)c5ccccc5n6-c5ccccc5)c4)c23)cc1. The number of anilines is 3. The quantitative estimate of drug-likeness (QED) is 0.158. The Kier molecular flexibility index (Phi) is 7.82. The first-order valence-electron chi connectivity index (χ1n) is 20.5. The van der Waals surface area contributed by atoms with Gasteiger partial charge in [-0.1, -0.05) is 140 Å². The molecule has 0 bridgehead atoms. The lowest BCUT2D eigenvalue weighted by atomic mass is 10.0. The Balaban J connectivity index is 1.11. The number of rotatable bonds is 7. The molecule has 0 saturated carbocycles. The summed E-state index contributed by atoms with van der Waals surface area (Å²) in [6.07, 6.45) is 2.31. The van der Waals surface area contributed by atoms with Crippen LogP contribution in [0.2, 0.25) is 0 Å². The van der Waals surface area contributed by atoms with Gasteiger partial charge in [-0.2, -0.15) is 0 Å². The number of fused-ring (bicyclic) bond motifs is 8. The number of benzene rings is 9. The van der Waals surface area contributed by atoms with Gasteiger partial charge in [0.1, 0.15) is 0 Å². The third-order valence-corrected chi connectivity index (χ3v) is 12.0. The third kappa shape index (κ3) is 5.32. The van der Waals surface area contributed by atoms with Crippen LogP contribution in [0.15, 0.2) is 231 Å². The first kappa shape index (κ1) is 34.0. The highest BCUT2D eigenvalue weighted by Crippen LogP contribution is 2.44. The monoisotopic (exact) mass is 766 g/mol. The van der Waals surface area contributed by atoms with Gasteiger partial charge in [0, 0.05) is 72.8 Å². The van der Waals surface area contributed by atoms with Gasteiger partial charge in [0.2, 0.25) is 0 Å². The Hall–Kier alpha value is -8.08. The summed E-state index contributed by atoms with van der Waals surface area (Å²) in [5.74, 6) is 0. The summed E-state index contributed by atoms with van der Waals surface area (Å²) in [7, 11) is 0. The summed E-state index contributed by atoms with van der Waals surface area (Å²) in [5, 5.41) is 6.10. The minimum Gasteiger partial charge on any atom is -0.314 e. The molecule has 0 amide bonds. The Morgan fingerprint density at radius 2 is 0.833 bits per heavy atom. The van der Waals surface area contributed by atoms with E-state index >= 15 is 0 Å². The fourth-order valence-electron chi connectivity index (χ4n) is 9.42. The van der Waals surface area contributed by atoms with Crippen LogP contribution < -0.4 is 4.90 Å². The van der Waals surface area contributed by atoms with Gasteiger partial charge in [-0.25, -0.2) is 0 Å². The van der Waals surface area contributed by atoms with Gasteiger partial charge in [0.25, 0.3) is 0 Å². The number of hydrogen-bond donors (Lipinski definition) is 0. The number of hydrogen-bond acceptors (Lipinski definition) is 1. The molecular weight excluding hydrogens is 729 g/mol. The predicted molar refractivity (Wildman–Crippen MR) is 252 cm³/mol. The van der Waals surface area contributed by atoms with Crippen molar-refractivity contribution in [3.05, 3.63) is 231 Å². The predicted octanol–water partition coefficient (Wildman–Crippen LogP) is 15.0. The fraction of sp³-hybridized carbons (Fsp3) is 0. The summed E-state index contributed by atoms with van der Waals surface area (Å²) in [4.78, 5) is 2.39. The lowest BCUT2D eigenvalue weighted by Gasteiger charge is -2.26. The van der Waals surface area contributed by atoms with Crippen molar-refractivity contribution in [2.45, 2.75) is 0 Å². The van der Waals surface area contributed by atoms with Crippen molar-refractivity contribution in [1.82, 2.24) is 13.7 Å². The van der Waals surface area contributed by atoms with Crippen LogP contribution in [0.3, 0.4) is 0 Å². The van der Waals surface area contributed by atoms with Crippen LogP contribution in [0.5, 0.6) is 0 Å². The molecule has 0 aliphatic rings. The lowest BCUT2D eigenvalue weighted by Crippen LogP contribution is -2.10. The van der Waals surface area contributed by atoms with Gasteiger partial charge in [-0.15, -0.1) is 0 Å². The van der Waals surface area contributed by atoms with E-state index in [1.54, 1.807) is 0 Å². The maximum absolute atomic E-state index is 2.48. The van der Waals surface area contributed by atoms with E-state index in [0.29, 0.717) is 0 Å². The molecule has 12 rings (SSSR count). The molecule has 3 aromatic heterocycles. The second-order valence-corrected chi connectivity index (χ2v) is 15.4. The van der Waals surface area contributed by atoms with Gasteiger partial charge in [-0.05, 0) is 90.5 Å². The molecule has 4 nitrogen and oxygen atoms in total. The molecule has 0 N–H and O–H groups in total. The Bertz CT molecular complexity index is 3520. The summed E-state index contributed by atoms with van der Waals surface area (Å²) in [5.41, 5.74) is 14.9. The topological polar surface area (TPSA) is 18.0 Å². The first-order valence-corrected chi connectivity index (χ1v) is 20.5. The van der Waals surface area contributed by atoms with E-state index in [4.69, 9.17) is 0 Å². The largest absolute Gasteiger partial charge is 0.314 e. The van der Waals surface area contributed by atoms with E-state index in [0.717, 1.165) is 34.1 Å². The van der Waals surface area contributed by atoms with Gasteiger partial charge in [0.15, 0.2) is 0 Å². The summed E-state index contributed by atoms with van der Waals surface area (Å²) >= 11 is 0.